The molecule has 1 fully saturated rings. The molecule has 0 N–H and O–H groups in total. The van der Waals surface area contributed by atoms with Crippen molar-refractivity contribution < 1.29 is 9.59 Å². The minimum absolute atomic E-state index is 0.102. The van der Waals surface area contributed by atoms with Gasteiger partial charge in [-0.3, -0.25) is 9.59 Å². The first-order valence-electron chi connectivity index (χ1n) is 4.57. The number of hydrogen-bond donors (Lipinski definition) is 0. The predicted octanol–water partition coefficient (Wildman–Crippen LogP) is 1.81. The van der Waals surface area contributed by atoms with Crippen LogP contribution in [0.2, 0.25) is 0 Å². The second-order valence-corrected chi connectivity index (χ2v) is 3.81. The minimum atomic E-state index is -0.459. The molecule has 0 aromatic carbocycles. The fourth-order valence-electron chi connectivity index (χ4n) is 2.43. The Morgan fingerprint density at radius 3 is 2.92 bits per heavy atom. The van der Waals surface area contributed by atoms with Crippen molar-refractivity contribution in [2.24, 2.45) is 5.41 Å². The second-order valence-electron chi connectivity index (χ2n) is 3.81. The Hall–Kier alpha value is -1.18. The molecule has 0 unspecified atom stereocenters. The van der Waals surface area contributed by atoms with Gasteiger partial charge in [-0.15, -0.1) is 6.58 Å². The Morgan fingerprint density at radius 2 is 2.23 bits per heavy atom. The Morgan fingerprint density at radius 1 is 1.46 bits per heavy atom. The van der Waals surface area contributed by atoms with Crippen LogP contribution in [0.15, 0.2) is 24.3 Å². The van der Waals surface area contributed by atoms with Gasteiger partial charge in [0.1, 0.15) is 5.78 Å². The van der Waals surface area contributed by atoms with Crippen molar-refractivity contribution in [3.63, 3.8) is 0 Å². The van der Waals surface area contributed by atoms with Crippen molar-refractivity contribution >= 4 is 11.6 Å². The molecular weight excluding hydrogens is 164 g/mol. The maximum Gasteiger partial charge on any atom is 0.157 e. The van der Waals surface area contributed by atoms with Gasteiger partial charge in [-0.25, -0.2) is 0 Å². The molecule has 2 rings (SSSR count). The third-order valence-electron chi connectivity index (χ3n) is 3.07. The van der Waals surface area contributed by atoms with E-state index in [1.165, 1.54) is 0 Å². The van der Waals surface area contributed by atoms with E-state index in [0.29, 0.717) is 19.3 Å². The van der Waals surface area contributed by atoms with Crippen molar-refractivity contribution in [2.75, 3.05) is 0 Å². The van der Waals surface area contributed by atoms with Crippen LogP contribution in [0, 0.1) is 5.41 Å². The summed E-state index contributed by atoms with van der Waals surface area (Å²) in [5.74, 6) is 0.328. The van der Waals surface area contributed by atoms with Crippen LogP contribution < -0.4 is 0 Å². The molecule has 1 saturated carbocycles. The highest BCUT2D eigenvalue weighted by Gasteiger charge is 2.49. The summed E-state index contributed by atoms with van der Waals surface area (Å²) in [4.78, 5) is 22.9. The van der Waals surface area contributed by atoms with E-state index in [-0.39, 0.29) is 11.6 Å². The number of carbonyl (C=O) groups is 2. The standard InChI is InChI=1S/C11H12O2/c1-2-5-11-7-9(12)6-8(11)3-4-10(11)13/h2,6H,1,3-5,7H2/t11-/m0/s1. The summed E-state index contributed by atoms with van der Waals surface area (Å²) < 4.78 is 0. The van der Waals surface area contributed by atoms with Crippen molar-refractivity contribution in [3.05, 3.63) is 24.3 Å². The molecule has 0 radical (unpaired) electrons. The van der Waals surface area contributed by atoms with Gasteiger partial charge in [-0.05, 0) is 18.9 Å². The van der Waals surface area contributed by atoms with Gasteiger partial charge in [0.25, 0.3) is 0 Å². The third-order valence-corrected chi connectivity index (χ3v) is 3.07. The summed E-state index contributed by atoms with van der Waals surface area (Å²) in [6.07, 6.45) is 5.80. The zero-order valence-electron chi connectivity index (χ0n) is 7.51. The van der Waals surface area contributed by atoms with E-state index >= 15 is 0 Å². The fraction of sp³-hybridized carbons (Fsp3) is 0.455. The number of ketones is 2. The summed E-state index contributed by atoms with van der Waals surface area (Å²) in [6.45, 7) is 3.65. The van der Waals surface area contributed by atoms with Crippen LogP contribution in [0.5, 0.6) is 0 Å². The topological polar surface area (TPSA) is 34.1 Å². The van der Waals surface area contributed by atoms with Crippen LogP contribution in [0.4, 0.5) is 0 Å². The van der Waals surface area contributed by atoms with Gasteiger partial charge < -0.3 is 0 Å². The highest BCUT2D eigenvalue weighted by molar-refractivity contribution is 6.05. The molecule has 2 aliphatic carbocycles. The Labute approximate surface area is 77.3 Å². The molecule has 2 aliphatic rings. The lowest BCUT2D eigenvalue weighted by Gasteiger charge is -2.21. The molecule has 0 heterocycles. The molecule has 0 aliphatic heterocycles. The molecule has 68 valence electrons. The lowest BCUT2D eigenvalue weighted by molar-refractivity contribution is -0.127. The van der Waals surface area contributed by atoms with Gasteiger partial charge in [0.05, 0.1) is 5.41 Å². The number of Topliss-reactive ketones (excluding diaryl/α,β-unsaturated/α-hetero) is 1. The van der Waals surface area contributed by atoms with E-state index in [1.54, 1.807) is 12.2 Å². The Bertz CT molecular complexity index is 325. The van der Waals surface area contributed by atoms with E-state index in [0.717, 1.165) is 12.0 Å². The van der Waals surface area contributed by atoms with E-state index in [2.05, 4.69) is 6.58 Å². The molecule has 13 heavy (non-hydrogen) atoms. The van der Waals surface area contributed by atoms with Crippen LogP contribution in [0.25, 0.3) is 0 Å². The normalized spacial score (nSPS) is 31.8. The summed E-state index contributed by atoms with van der Waals surface area (Å²) >= 11 is 0. The van der Waals surface area contributed by atoms with Crippen molar-refractivity contribution in [3.8, 4) is 0 Å². The van der Waals surface area contributed by atoms with E-state index in [9.17, 15) is 9.59 Å². The maximum atomic E-state index is 11.7. The van der Waals surface area contributed by atoms with Crippen LogP contribution in [-0.2, 0) is 9.59 Å². The third kappa shape index (κ3) is 1.01. The highest BCUT2D eigenvalue weighted by Crippen LogP contribution is 2.49. The number of hydrogen-bond acceptors (Lipinski definition) is 2. The first kappa shape index (κ1) is 8.42. The molecule has 1 atom stereocenters. The van der Waals surface area contributed by atoms with Gasteiger partial charge >= 0.3 is 0 Å². The summed E-state index contributed by atoms with van der Waals surface area (Å²) in [5, 5.41) is 0. The molecule has 0 bridgehead atoms. The number of fused-ring (bicyclic) bond motifs is 1. The molecule has 2 nitrogen and oxygen atoms in total. The fourth-order valence-corrected chi connectivity index (χ4v) is 2.43. The average Bonchev–Trinajstić information content (AvgIpc) is 2.51. The Kier molecular flexibility index (Phi) is 1.72. The number of allylic oxidation sites excluding steroid dienone is 3. The summed E-state index contributed by atoms with van der Waals surface area (Å²) in [7, 11) is 0. The van der Waals surface area contributed by atoms with Crippen molar-refractivity contribution in [1.82, 2.24) is 0 Å². The number of carbonyl (C=O) groups excluding carboxylic acids is 2. The van der Waals surface area contributed by atoms with E-state index < -0.39 is 5.41 Å². The van der Waals surface area contributed by atoms with E-state index in [1.807, 2.05) is 0 Å². The Balaban J connectivity index is 2.42. The zero-order chi connectivity index (χ0) is 9.47. The second kappa shape index (κ2) is 2.66. The smallest absolute Gasteiger partial charge is 0.157 e. The quantitative estimate of drug-likeness (QED) is 0.601. The summed E-state index contributed by atoms with van der Waals surface area (Å²) in [5.41, 5.74) is 0.584. The van der Waals surface area contributed by atoms with E-state index in [4.69, 9.17) is 0 Å². The van der Waals surface area contributed by atoms with Crippen molar-refractivity contribution in [2.45, 2.75) is 25.7 Å². The van der Waals surface area contributed by atoms with Gasteiger partial charge in [-0.1, -0.05) is 11.6 Å². The van der Waals surface area contributed by atoms with Gasteiger partial charge in [0.2, 0.25) is 0 Å². The average molecular weight is 176 g/mol. The maximum absolute atomic E-state index is 11.7. The van der Waals surface area contributed by atoms with Gasteiger partial charge in [0.15, 0.2) is 5.78 Å². The van der Waals surface area contributed by atoms with Gasteiger partial charge in [-0.2, -0.15) is 0 Å². The monoisotopic (exact) mass is 176 g/mol. The molecule has 0 spiro atoms. The van der Waals surface area contributed by atoms with Crippen LogP contribution in [0.1, 0.15) is 25.7 Å². The lowest BCUT2D eigenvalue weighted by Crippen LogP contribution is -2.25. The molecule has 0 aromatic rings. The van der Waals surface area contributed by atoms with Crippen molar-refractivity contribution in [1.29, 1.82) is 0 Å². The summed E-state index contributed by atoms with van der Waals surface area (Å²) in [6, 6.07) is 0. The van der Waals surface area contributed by atoms with Crippen LogP contribution in [0.3, 0.4) is 0 Å². The predicted molar refractivity (Wildman–Crippen MR) is 49.2 cm³/mol. The minimum Gasteiger partial charge on any atom is -0.299 e. The molecule has 2 heteroatoms. The zero-order valence-corrected chi connectivity index (χ0v) is 7.51. The SMILES string of the molecule is C=CC[C@]12CC(=O)C=C1CCC2=O. The van der Waals surface area contributed by atoms with Crippen LogP contribution in [-0.4, -0.2) is 11.6 Å². The molecular formula is C11H12O2. The first-order valence-corrected chi connectivity index (χ1v) is 4.57. The number of rotatable bonds is 2. The van der Waals surface area contributed by atoms with Gasteiger partial charge in [0, 0.05) is 12.8 Å². The molecule has 0 amide bonds. The molecule has 0 aromatic heterocycles. The first-order chi connectivity index (χ1) is 6.19. The largest absolute Gasteiger partial charge is 0.299 e. The van der Waals surface area contributed by atoms with Crippen LogP contribution >= 0.6 is 0 Å². The highest BCUT2D eigenvalue weighted by atomic mass is 16.1. The lowest BCUT2D eigenvalue weighted by atomic mass is 9.79. The molecule has 0 saturated heterocycles.